The number of β-lactam (4-membered cyclic amide) rings is 1. The van der Waals surface area contributed by atoms with Crippen LogP contribution in [0.4, 0.5) is 0 Å². The predicted octanol–water partition coefficient (Wildman–Crippen LogP) is -0.628. The molecule has 2 aliphatic rings. The minimum absolute atomic E-state index is 0.0329. The molecule has 0 saturated carbocycles. The smallest absolute Gasteiger partial charge is 0.328 e. The normalized spacial score (nSPS) is 25.4. The van der Waals surface area contributed by atoms with Crippen LogP contribution >= 0.6 is 0 Å². The average Bonchev–Trinajstić information content (AvgIpc) is 2.80. The summed E-state index contributed by atoms with van der Waals surface area (Å²) in [6.45, 7) is 3.51. The van der Waals surface area contributed by atoms with Crippen LogP contribution in [0.3, 0.4) is 0 Å². The van der Waals surface area contributed by atoms with Crippen molar-refractivity contribution >= 4 is 33.7 Å². The Kier molecular flexibility index (Phi) is 5.22. The molecule has 29 heavy (non-hydrogen) atoms. The van der Waals surface area contributed by atoms with Gasteiger partial charge in [-0.3, -0.25) is 14.6 Å². The van der Waals surface area contributed by atoms with Crippen molar-refractivity contribution in [3.05, 3.63) is 35.2 Å². The lowest BCUT2D eigenvalue weighted by Gasteiger charge is -2.37. The number of carboxylic acids is 1. The van der Waals surface area contributed by atoms with Gasteiger partial charge in [0.05, 0.1) is 16.8 Å². The van der Waals surface area contributed by atoms with Crippen LogP contribution in [0.1, 0.15) is 36.3 Å². The number of nitrogens with zero attached hydrogens (tertiary/aromatic N) is 2. The fraction of sp³-hybridized carbons (Fsp3) is 0.444. The van der Waals surface area contributed by atoms with Crippen molar-refractivity contribution in [3.63, 3.8) is 0 Å². The van der Waals surface area contributed by atoms with E-state index in [1.165, 1.54) is 38.3 Å². The van der Waals surface area contributed by atoms with Gasteiger partial charge in [-0.2, -0.15) is 0 Å². The second-order valence-corrected chi connectivity index (χ2v) is 10.0. The summed E-state index contributed by atoms with van der Waals surface area (Å²) in [6, 6.07) is 1.54. The molecule has 4 N–H and O–H groups in total. The second kappa shape index (κ2) is 7.23. The lowest BCUT2D eigenvalue weighted by molar-refractivity contribution is -0.152. The van der Waals surface area contributed by atoms with Crippen LogP contribution in [-0.2, 0) is 19.4 Å². The molecule has 2 fully saturated rings. The van der Waals surface area contributed by atoms with E-state index in [2.05, 4.69) is 10.3 Å². The molecule has 1 aromatic rings. The van der Waals surface area contributed by atoms with Gasteiger partial charge < -0.3 is 21.1 Å². The topological polar surface area (TPSA) is 160 Å². The number of nitrogens with one attached hydrogen (secondary N) is 1. The number of hydrogen-bond acceptors (Lipinski definition) is 7. The monoisotopic (exact) mass is 422 g/mol. The molecule has 2 amide bonds. The quantitative estimate of drug-likeness (QED) is 0.310. The first-order chi connectivity index (χ1) is 13.5. The van der Waals surface area contributed by atoms with Crippen LogP contribution in [0, 0.1) is 0 Å². The Morgan fingerprint density at radius 2 is 2.07 bits per heavy atom. The number of pyridine rings is 1. The molecule has 2 aliphatic heterocycles. The fourth-order valence-electron chi connectivity index (χ4n) is 3.53. The third-order valence-electron chi connectivity index (χ3n) is 5.22. The Labute approximate surface area is 167 Å². The number of carboxylic acid groups (broad SMARTS) is 1. The molecule has 0 aromatic carbocycles. The van der Waals surface area contributed by atoms with Gasteiger partial charge in [-0.1, -0.05) is 0 Å². The largest absolute Gasteiger partial charge is 0.480 e. The first-order valence-electron chi connectivity index (χ1n) is 8.99. The molecule has 11 heteroatoms. The molecule has 2 saturated heterocycles. The second-order valence-electron chi connectivity index (χ2n) is 7.42. The van der Waals surface area contributed by atoms with E-state index in [9.17, 15) is 27.9 Å². The number of carbonyl (C=O) groups is 3. The molecule has 10 nitrogen and oxygen atoms in total. The lowest BCUT2D eigenvalue weighted by atomic mass is 9.95. The van der Waals surface area contributed by atoms with Gasteiger partial charge in [-0.05, 0) is 45.0 Å². The Morgan fingerprint density at radius 3 is 2.62 bits per heavy atom. The summed E-state index contributed by atoms with van der Waals surface area (Å²) in [5.41, 5.74) is 5.94. The molecule has 3 rings (SSSR count). The highest BCUT2D eigenvalue weighted by atomic mass is 32.2. The molecule has 1 aromatic heterocycles. The summed E-state index contributed by atoms with van der Waals surface area (Å²) in [5.74, 6) is -2.33. The minimum Gasteiger partial charge on any atom is -0.480 e. The van der Waals surface area contributed by atoms with E-state index in [0.717, 1.165) is 4.90 Å². The number of sulfone groups is 1. The van der Waals surface area contributed by atoms with Gasteiger partial charge in [0.25, 0.3) is 11.8 Å². The van der Waals surface area contributed by atoms with E-state index in [1.54, 1.807) is 0 Å². The molecular weight excluding hydrogens is 400 g/mol. The Morgan fingerprint density at radius 1 is 1.38 bits per heavy atom. The molecule has 2 atom stereocenters. The fourth-order valence-corrected chi connectivity index (χ4v) is 5.65. The predicted molar refractivity (Wildman–Crippen MR) is 103 cm³/mol. The standard InChI is InChI=1S/C18H22N4O6S/c1-18(2)13(17(25)26)22-15(24)12(16(22)29(18,27)28)8-11-5-4-10(9-21-11)14(23)20-7-3-6-19/h4-5,8-9,13,16H,3,6-7,19H2,1-2H3,(H,20,23)(H,25,26)/b12-8-/t13-,16+/m0/s1. The molecule has 3 heterocycles. The zero-order valence-corrected chi connectivity index (χ0v) is 16.8. The molecular formula is C18H22N4O6S. The number of rotatable bonds is 6. The number of aliphatic carboxylic acids is 1. The highest BCUT2D eigenvalue weighted by molar-refractivity contribution is 7.94. The SMILES string of the molecule is CC1(C)[C@H](C(=O)O)N2C(=O)/C(=C/c3ccc(C(=O)NCCCN)cn3)[C@H]2S1(=O)=O. The number of fused-ring (bicyclic) bond motifs is 1. The van der Waals surface area contributed by atoms with Crippen molar-refractivity contribution in [2.75, 3.05) is 13.1 Å². The van der Waals surface area contributed by atoms with Crippen LogP contribution in [0.5, 0.6) is 0 Å². The van der Waals surface area contributed by atoms with Gasteiger partial charge >= 0.3 is 5.97 Å². The van der Waals surface area contributed by atoms with Gasteiger partial charge in [0.15, 0.2) is 21.3 Å². The van der Waals surface area contributed by atoms with E-state index < -0.39 is 37.9 Å². The van der Waals surface area contributed by atoms with E-state index in [4.69, 9.17) is 5.73 Å². The summed E-state index contributed by atoms with van der Waals surface area (Å²) in [5, 5.41) is 10.8. The van der Waals surface area contributed by atoms with Crippen LogP contribution in [0.25, 0.3) is 6.08 Å². The number of nitrogens with two attached hydrogens (primary N) is 1. The number of carbonyl (C=O) groups excluding carboxylic acids is 2. The Balaban J connectivity index is 1.85. The van der Waals surface area contributed by atoms with Crippen LogP contribution in [0.2, 0.25) is 0 Å². The number of amides is 2. The van der Waals surface area contributed by atoms with E-state index >= 15 is 0 Å². The molecule has 0 bridgehead atoms. The maximum absolute atomic E-state index is 12.8. The summed E-state index contributed by atoms with van der Waals surface area (Å²) in [4.78, 5) is 41.0. The van der Waals surface area contributed by atoms with Crippen molar-refractivity contribution in [2.24, 2.45) is 5.73 Å². The highest BCUT2D eigenvalue weighted by Gasteiger charge is 2.70. The Bertz CT molecular complexity index is 1000. The number of aromatic nitrogens is 1. The average molecular weight is 422 g/mol. The molecule has 0 aliphatic carbocycles. The van der Waals surface area contributed by atoms with Crippen molar-refractivity contribution in [2.45, 2.75) is 36.4 Å². The third kappa shape index (κ3) is 3.19. The minimum atomic E-state index is -3.94. The van der Waals surface area contributed by atoms with Crippen LogP contribution in [0.15, 0.2) is 23.9 Å². The van der Waals surface area contributed by atoms with Crippen LogP contribution < -0.4 is 11.1 Å². The first kappa shape index (κ1) is 20.9. The summed E-state index contributed by atoms with van der Waals surface area (Å²) in [6.07, 6.45) is 3.28. The maximum atomic E-state index is 12.8. The molecule has 0 radical (unpaired) electrons. The van der Waals surface area contributed by atoms with Crippen molar-refractivity contribution in [1.29, 1.82) is 0 Å². The summed E-state index contributed by atoms with van der Waals surface area (Å²) >= 11 is 0. The van der Waals surface area contributed by atoms with E-state index in [1.807, 2.05) is 0 Å². The van der Waals surface area contributed by atoms with Gasteiger partial charge in [0.1, 0.15) is 4.75 Å². The van der Waals surface area contributed by atoms with E-state index in [-0.39, 0.29) is 11.5 Å². The van der Waals surface area contributed by atoms with Crippen LogP contribution in [-0.4, -0.2) is 70.4 Å². The summed E-state index contributed by atoms with van der Waals surface area (Å²) < 4.78 is 24.0. The Hall–Kier alpha value is -2.79. The van der Waals surface area contributed by atoms with Crippen molar-refractivity contribution in [3.8, 4) is 0 Å². The van der Waals surface area contributed by atoms with Crippen molar-refractivity contribution in [1.82, 2.24) is 15.2 Å². The zero-order valence-electron chi connectivity index (χ0n) is 16.0. The van der Waals surface area contributed by atoms with Gasteiger partial charge in [-0.15, -0.1) is 0 Å². The molecule has 156 valence electrons. The molecule has 0 unspecified atom stereocenters. The van der Waals surface area contributed by atoms with E-state index in [0.29, 0.717) is 30.8 Å². The third-order valence-corrected chi connectivity index (χ3v) is 7.98. The van der Waals surface area contributed by atoms with Gasteiger partial charge in [0, 0.05) is 12.7 Å². The maximum Gasteiger partial charge on any atom is 0.328 e. The first-order valence-corrected chi connectivity index (χ1v) is 10.5. The van der Waals surface area contributed by atoms with Crippen molar-refractivity contribution < 1.29 is 27.9 Å². The van der Waals surface area contributed by atoms with Gasteiger partial charge in [0.2, 0.25) is 0 Å². The lowest BCUT2D eigenvalue weighted by Crippen LogP contribution is -2.58. The number of hydrogen-bond donors (Lipinski definition) is 3. The summed E-state index contributed by atoms with van der Waals surface area (Å²) in [7, 11) is -3.94. The highest BCUT2D eigenvalue weighted by Crippen LogP contribution is 2.48. The zero-order chi connectivity index (χ0) is 21.6. The van der Waals surface area contributed by atoms with Gasteiger partial charge in [-0.25, -0.2) is 13.2 Å². The molecule has 0 spiro atoms.